The highest BCUT2D eigenvalue weighted by atomic mass is 16.5. The van der Waals surface area contributed by atoms with Gasteiger partial charge in [0.05, 0.1) is 12.1 Å². The first-order valence-corrected chi connectivity index (χ1v) is 9.19. The summed E-state index contributed by atoms with van der Waals surface area (Å²) in [5.74, 6) is 1.64. The quantitative estimate of drug-likeness (QED) is 0.853. The Kier molecular flexibility index (Phi) is 4.74. The lowest BCUT2D eigenvalue weighted by molar-refractivity contribution is 0.0513. The second-order valence-corrected chi connectivity index (χ2v) is 7.10. The Morgan fingerprint density at radius 2 is 2.08 bits per heavy atom. The molecule has 1 aliphatic heterocycles. The van der Waals surface area contributed by atoms with Crippen LogP contribution in [0.4, 0.5) is 0 Å². The van der Waals surface area contributed by atoms with E-state index >= 15 is 0 Å². The van der Waals surface area contributed by atoms with E-state index in [1.807, 2.05) is 26.1 Å². The molecule has 1 aliphatic carbocycles. The fourth-order valence-corrected chi connectivity index (χ4v) is 3.35. The van der Waals surface area contributed by atoms with Gasteiger partial charge in [0.15, 0.2) is 0 Å². The molecule has 138 valence electrons. The van der Waals surface area contributed by atoms with E-state index in [0.717, 1.165) is 31.5 Å². The molecule has 26 heavy (non-hydrogen) atoms. The number of nitrogens with zero attached hydrogens (tertiary/aromatic N) is 3. The minimum Gasteiger partial charge on any atom is -0.375 e. The maximum atomic E-state index is 12.6. The highest BCUT2D eigenvalue weighted by molar-refractivity contribution is 5.94. The van der Waals surface area contributed by atoms with E-state index in [-0.39, 0.29) is 18.1 Å². The van der Waals surface area contributed by atoms with Crippen LogP contribution in [0.5, 0.6) is 0 Å². The van der Waals surface area contributed by atoms with Gasteiger partial charge in [0.25, 0.3) is 5.91 Å². The maximum Gasteiger partial charge on any atom is 0.251 e. The highest BCUT2D eigenvalue weighted by Gasteiger charge is 2.33. The van der Waals surface area contributed by atoms with Crippen LogP contribution in [0.15, 0.2) is 28.8 Å². The molecule has 0 radical (unpaired) electrons. The van der Waals surface area contributed by atoms with Gasteiger partial charge >= 0.3 is 0 Å². The van der Waals surface area contributed by atoms with Crippen molar-refractivity contribution in [3.8, 4) is 11.4 Å². The number of aromatic nitrogens is 2. The fourth-order valence-electron chi connectivity index (χ4n) is 3.35. The molecule has 2 atom stereocenters. The molecule has 1 aromatic heterocycles. The Bertz CT molecular complexity index is 769. The summed E-state index contributed by atoms with van der Waals surface area (Å²) in [6.07, 6.45) is 2.29. The maximum absolute atomic E-state index is 12.6. The number of hydrogen-bond acceptors (Lipinski definition) is 6. The van der Waals surface area contributed by atoms with Gasteiger partial charge in [0.2, 0.25) is 11.7 Å². The van der Waals surface area contributed by atoms with Crippen LogP contribution in [0.2, 0.25) is 0 Å². The number of nitrogens with one attached hydrogen (secondary N) is 1. The first-order chi connectivity index (χ1) is 12.6. The summed E-state index contributed by atoms with van der Waals surface area (Å²) < 4.78 is 11.0. The monoisotopic (exact) mass is 356 g/mol. The van der Waals surface area contributed by atoms with E-state index < -0.39 is 0 Å². The van der Waals surface area contributed by atoms with Gasteiger partial charge in [-0.3, -0.25) is 4.79 Å². The predicted octanol–water partition coefficient (Wildman–Crippen LogP) is 2.06. The number of benzene rings is 1. The summed E-state index contributed by atoms with van der Waals surface area (Å²) >= 11 is 0. The Hall–Kier alpha value is -2.25. The molecule has 7 heteroatoms. The molecule has 1 saturated heterocycles. The summed E-state index contributed by atoms with van der Waals surface area (Å²) in [6, 6.07) is 7.32. The van der Waals surface area contributed by atoms with Crippen molar-refractivity contribution in [2.75, 3.05) is 26.7 Å². The molecule has 0 spiro atoms. The van der Waals surface area contributed by atoms with Crippen LogP contribution in [0.1, 0.15) is 41.9 Å². The predicted molar refractivity (Wildman–Crippen MR) is 95.9 cm³/mol. The zero-order valence-electron chi connectivity index (χ0n) is 15.1. The molecule has 2 aliphatic rings. The zero-order chi connectivity index (χ0) is 18.1. The lowest BCUT2D eigenvalue weighted by Crippen LogP contribution is -2.43. The average Bonchev–Trinajstić information content (AvgIpc) is 3.27. The topological polar surface area (TPSA) is 80.5 Å². The summed E-state index contributed by atoms with van der Waals surface area (Å²) in [7, 11) is 2.04. The van der Waals surface area contributed by atoms with E-state index in [1.54, 1.807) is 12.1 Å². The molecule has 2 heterocycles. The van der Waals surface area contributed by atoms with Crippen molar-refractivity contribution in [2.24, 2.45) is 0 Å². The first kappa shape index (κ1) is 17.2. The number of carbonyl (C=O) groups is 1. The molecule has 2 aromatic rings. The molecule has 4 rings (SSSR count). The SMILES string of the molecule is CCO[C@@H]1CN(C)C[C@H]1NC(=O)c1ccc(-c2noc(C3CC3)n2)cc1. The number of hydrogen-bond donors (Lipinski definition) is 1. The normalized spacial score (nSPS) is 23.3. The third-order valence-corrected chi connectivity index (χ3v) is 4.92. The summed E-state index contributed by atoms with van der Waals surface area (Å²) in [5, 5.41) is 7.13. The van der Waals surface area contributed by atoms with Gasteiger partial charge in [-0.1, -0.05) is 17.3 Å². The first-order valence-electron chi connectivity index (χ1n) is 9.19. The van der Waals surface area contributed by atoms with Crippen LogP contribution >= 0.6 is 0 Å². The van der Waals surface area contributed by atoms with Crippen molar-refractivity contribution in [3.63, 3.8) is 0 Å². The molecule has 2 fully saturated rings. The van der Waals surface area contributed by atoms with E-state index in [0.29, 0.717) is 29.8 Å². The van der Waals surface area contributed by atoms with Gasteiger partial charge in [-0.15, -0.1) is 0 Å². The van der Waals surface area contributed by atoms with Crippen LogP contribution in [-0.4, -0.2) is 59.8 Å². The van der Waals surface area contributed by atoms with Gasteiger partial charge in [0.1, 0.15) is 0 Å². The van der Waals surface area contributed by atoms with Crippen LogP contribution in [-0.2, 0) is 4.74 Å². The third-order valence-electron chi connectivity index (χ3n) is 4.92. The lowest BCUT2D eigenvalue weighted by Gasteiger charge is -2.19. The minimum atomic E-state index is -0.0895. The van der Waals surface area contributed by atoms with Crippen LogP contribution in [0.25, 0.3) is 11.4 Å². The van der Waals surface area contributed by atoms with E-state index in [1.165, 1.54) is 0 Å². The molecule has 0 unspecified atom stereocenters. The molecule has 0 bridgehead atoms. The molecule has 1 aromatic carbocycles. The standard InChI is InChI=1S/C19H24N4O3/c1-3-25-16-11-23(2)10-15(16)20-18(24)13-6-4-12(5-7-13)17-21-19(26-22-17)14-8-9-14/h4-7,14-16H,3,8-11H2,1-2H3,(H,20,24)/t15-,16-/m1/s1. The second-order valence-electron chi connectivity index (χ2n) is 7.10. The average molecular weight is 356 g/mol. The van der Waals surface area contributed by atoms with Gasteiger partial charge in [0, 0.05) is 36.7 Å². The van der Waals surface area contributed by atoms with Gasteiger partial charge in [-0.05, 0) is 38.9 Å². The van der Waals surface area contributed by atoms with Crippen molar-refractivity contribution in [2.45, 2.75) is 37.8 Å². The molecule has 1 N–H and O–H groups in total. The number of carbonyl (C=O) groups excluding carboxylic acids is 1. The largest absolute Gasteiger partial charge is 0.375 e. The molecular formula is C19H24N4O3. The summed E-state index contributed by atoms with van der Waals surface area (Å²) in [4.78, 5) is 19.2. The Morgan fingerprint density at radius 3 is 2.77 bits per heavy atom. The number of likely N-dealkylation sites (N-methyl/N-ethyl adjacent to an activating group) is 1. The Morgan fingerprint density at radius 1 is 1.31 bits per heavy atom. The van der Waals surface area contributed by atoms with E-state index in [2.05, 4.69) is 20.4 Å². The van der Waals surface area contributed by atoms with Gasteiger partial charge in [-0.2, -0.15) is 4.98 Å². The number of amides is 1. The fraction of sp³-hybridized carbons (Fsp3) is 0.526. The second kappa shape index (κ2) is 7.17. The van der Waals surface area contributed by atoms with Crippen molar-refractivity contribution >= 4 is 5.91 Å². The van der Waals surface area contributed by atoms with Crippen molar-refractivity contribution in [1.82, 2.24) is 20.4 Å². The van der Waals surface area contributed by atoms with Crippen LogP contribution < -0.4 is 5.32 Å². The van der Waals surface area contributed by atoms with Crippen LogP contribution in [0, 0.1) is 0 Å². The van der Waals surface area contributed by atoms with Gasteiger partial charge in [-0.25, -0.2) is 0 Å². The summed E-state index contributed by atoms with van der Waals surface area (Å²) in [6.45, 7) is 4.25. The number of rotatable bonds is 6. The number of likely N-dealkylation sites (tertiary alicyclic amines) is 1. The van der Waals surface area contributed by atoms with Crippen molar-refractivity contribution in [1.29, 1.82) is 0 Å². The zero-order valence-corrected chi connectivity index (χ0v) is 15.1. The minimum absolute atomic E-state index is 0.00503. The smallest absolute Gasteiger partial charge is 0.251 e. The Labute approximate surface area is 152 Å². The molecule has 1 amide bonds. The van der Waals surface area contributed by atoms with Gasteiger partial charge < -0.3 is 19.5 Å². The Balaban J connectivity index is 1.41. The molecule has 1 saturated carbocycles. The van der Waals surface area contributed by atoms with E-state index in [9.17, 15) is 4.79 Å². The summed E-state index contributed by atoms with van der Waals surface area (Å²) in [5.41, 5.74) is 1.47. The van der Waals surface area contributed by atoms with Crippen LogP contribution in [0.3, 0.4) is 0 Å². The number of ether oxygens (including phenoxy) is 1. The highest BCUT2D eigenvalue weighted by Crippen LogP contribution is 2.39. The van der Waals surface area contributed by atoms with Crippen molar-refractivity contribution in [3.05, 3.63) is 35.7 Å². The molecule has 7 nitrogen and oxygen atoms in total. The lowest BCUT2D eigenvalue weighted by atomic mass is 10.1. The van der Waals surface area contributed by atoms with Crippen molar-refractivity contribution < 1.29 is 14.1 Å². The third kappa shape index (κ3) is 3.64. The van der Waals surface area contributed by atoms with E-state index in [4.69, 9.17) is 9.26 Å². The molecular weight excluding hydrogens is 332 g/mol.